The van der Waals surface area contributed by atoms with Crippen LogP contribution in [0.25, 0.3) is 6.08 Å². The fourth-order valence-electron chi connectivity index (χ4n) is 6.25. The van der Waals surface area contributed by atoms with Crippen molar-refractivity contribution in [1.29, 1.82) is 0 Å². The molecular formula is C33H43NO. The number of hydrogen-bond acceptors (Lipinski definition) is 1. The molecule has 2 aromatic carbocycles. The molecule has 2 aliphatic rings. The van der Waals surface area contributed by atoms with E-state index in [1.807, 2.05) is 0 Å². The van der Waals surface area contributed by atoms with Crippen LogP contribution >= 0.6 is 0 Å². The standard InChI is InChI=1S/C33H43NO/c1-23(14-16-26-10-7-6-8-11-26)15-17-28-18-24(2)19-30(22-28)33(4,5)32(35)34-31-25(3)20-27-12-9-13-29(31)21-27/h6-8,10-11,15,17-19,22,25,27,29,31H,1,9,12-14,16,20-21H2,2-5H3,(H,34,35)/b17-15+. The highest BCUT2D eigenvalue weighted by atomic mass is 16.2. The van der Waals surface area contributed by atoms with Gasteiger partial charge in [0.2, 0.25) is 5.91 Å². The lowest BCUT2D eigenvalue weighted by Crippen LogP contribution is -2.53. The topological polar surface area (TPSA) is 29.1 Å². The predicted octanol–water partition coefficient (Wildman–Crippen LogP) is 7.81. The largest absolute Gasteiger partial charge is 0.352 e. The Labute approximate surface area is 212 Å². The average molecular weight is 470 g/mol. The summed E-state index contributed by atoms with van der Waals surface area (Å²) in [7, 11) is 0. The quantitative estimate of drug-likeness (QED) is 0.393. The van der Waals surface area contributed by atoms with Crippen LogP contribution in [0.2, 0.25) is 0 Å². The molecule has 2 aromatic rings. The number of benzene rings is 2. The molecule has 0 saturated heterocycles. The van der Waals surface area contributed by atoms with Gasteiger partial charge in [-0.15, -0.1) is 0 Å². The Balaban J connectivity index is 1.43. The third kappa shape index (κ3) is 6.34. The molecular weight excluding hydrogens is 426 g/mol. The lowest BCUT2D eigenvalue weighted by Gasteiger charge is -2.45. The third-order valence-corrected chi connectivity index (χ3v) is 8.43. The smallest absolute Gasteiger partial charge is 0.230 e. The number of allylic oxidation sites excluding steroid dienone is 2. The van der Waals surface area contributed by atoms with Crippen LogP contribution in [0.15, 0.2) is 66.8 Å². The van der Waals surface area contributed by atoms with Gasteiger partial charge < -0.3 is 5.32 Å². The number of aryl methyl sites for hydroxylation is 2. The number of hydrogen-bond donors (Lipinski definition) is 1. The highest BCUT2D eigenvalue weighted by molar-refractivity contribution is 5.88. The van der Waals surface area contributed by atoms with Crippen molar-refractivity contribution in [3.8, 4) is 0 Å². The second-order valence-corrected chi connectivity index (χ2v) is 11.7. The van der Waals surface area contributed by atoms with Crippen LogP contribution in [0, 0.1) is 24.7 Å². The van der Waals surface area contributed by atoms with Crippen molar-refractivity contribution in [3.05, 3.63) is 89.0 Å². The molecule has 2 aliphatic carbocycles. The summed E-state index contributed by atoms with van der Waals surface area (Å²) in [6.07, 6.45) is 12.7. The predicted molar refractivity (Wildman–Crippen MR) is 148 cm³/mol. The number of nitrogens with one attached hydrogen (secondary N) is 1. The second kappa shape index (κ2) is 11.0. The van der Waals surface area contributed by atoms with Crippen molar-refractivity contribution < 1.29 is 4.79 Å². The molecule has 2 heteroatoms. The first kappa shape index (κ1) is 25.5. The Kier molecular flexibility index (Phi) is 7.99. The minimum atomic E-state index is -0.579. The number of rotatable bonds is 8. The molecule has 1 amide bonds. The molecule has 0 aliphatic heterocycles. The third-order valence-electron chi connectivity index (χ3n) is 8.43. The first-order chi connectivity index (χ1) is 16.7. The minimum absolute atomic E-state index is 0.158. The SMILES string of the molecule is C=C(/C=C/c1cc(C)cc(C(C)(C)C(=O)NC2C(C)CC3CCCC2C3)c1)CCc1ccccc1. The highest BCUT2D eigenvalue weighted by Crippen LogP contribution is 2.43. The Morgan fingerprint density at radius 2 is 1.89 bits per heavy atom. The van der Waals surface area contributed by atoms with Crippen molar-refractivity contribution in [2.45, 2.75) is 84.1 Å². The normalized spacial score (nSPS) is 24.3. The molecule has 186 valence electrons. The molecule has 0 spiro atoms. The molecule has 2 fully saturated rings. The van der Waals surface area contributed by atoms with Crippen LogP contribution in [0.4, 0.5) is 0 Å². The Bertz CT molecular complexity index is 1060. The van der Waals surface area contributed by atoms with E-state index in [-0.39, 0.29) is 5.91 Å². The zero-order valence-corrected chi connectivity index (χ0v) is 22.1. The molecule has 2 saturated carbocycles. The molecule has 2 nitrogen and oxygen atoms in total. The van der Waals surface area contributed by atoms with Gasteiger partial charge in [-0.25, -0.2) is 0 Å². The van der Waals surface area contributed by atoms with E-state index in [1.54, 1.807) is 0 Å². The summed E-state index contributed by atoms with van der Waals surface area (Å²) in [6.45, 7) is 12.8. The Hall–Kier alpha value is -2.61. The van der Waals surface area contributed by atoms with Gasteiger partial charge in [0.15, 0.2) is 0 Å². The van der Waals surface area contributed by atoms with Crippen LogP contribution in [0.5, 0.6) is 0 Å². The monoisotopic (exact) mass is 469 g/mol. The lowest BCUT2D eigenvalue weighted by molar-refractivity contribution is -0.128. The van der Waals surface area contributed by atoms with Crippen LogP contribution in [-0.4, -0.2) is 11.9 Å². The zero-order valence-electron chi connectivity index (χ0n) is 22.1. The molecule has 0 radical (unpaired) electrons. The van der Waals surface area contributed by atoms with E-state index in [0.29, 0.717) is 17.9 Å². The van der Waals surface area contributed by atoms with E-state index in [1.165, 1.54) is 43.2 Å². The summed E-state index contributed by atoms with van der Waals surface area (Å²) >= 11 is 0. The van der Waals surface area contributed by atoms with Crippen LogP contribution in [0.3, 0.4) is 0 Å². The average Bonchev–Trinajstić information content (AvgIpc) is 2.84. The van der Waals surface area contributed by atoms with Gasteiger partial charge in [0.1, 0.15) is 0 Å². The van der Waals surface area contributed by atoms with Crippen molar-refractivity contribution in [1.82, 2.24) is 5.32 Å². The molecule has 0 aromatic heterocycles. The molecule has 4 rings (SSSR count). The number of amides is 1. The molecule has 1 N–H and O–H groups in total. The fraction of sp³-hybridized carbons (Fsp3) is 0.485. The zero-order chi connectivity index (χ0) is 25.0. The maximum Gasteiger partial charge on any atom is 0.230 e. The van der Waals surface area contributed by atoms with Crippen molar-refractivity contribution in [2.24, 2.45) is 17.8 Å². The molecule has 2 bridgehead atoms. The van der Waals surface area contributed by atoms with Crippen LogP contribution in [0.1, 0.15) is 81.5 Å². The number of carbonyl (C=O) groups excluding carboxylic acids is 1. The number of fused-ring (bicyclic) bond motifs is 2. The maximum absolute atomic E-state index is 13.6. The van der Waals surface area contributed by atoms with Crippen LogP contribution in [-0.2, 0) is 16.6 Å². The fourth-order valence-corrected chi connectivity index (χ4v) is 6.25. The number of carbonyl (C=O) groups is 1. The molecule has 35 heavy (non-hydrogen) atoms. The van der Waals surface area contributed by atoms with E-state index in [0.717, 1.165) is 35.5 Å². The van der Waals surface area contributed by atoms with Gasteiger partial charge in [0.25, 0.3) is 0 Å². The minimum Gasteiger partial charge on any atom is -0.352 e. The Morgan fingerprint density at radius 3 is 2.66 bits per heavy atom. The van der Waals surface area contributed by atoms with Gasteiger partial charge in [-0.2, -0.15) is 0 Å². The van der Waals surface area contributed by atoms with E-state index >= 15 is 0 Å². The van der Waals surface area contributed by atoms with Gasteiger partial charge in [-0.05, 0) is 87.3 Å². The summed E-state index contributed by atoms with van der Waals surface area (Å²) < 4.78 is 0. The first-order valence-corrected chi connectivity index (χ1v) is 13.6. The van der Waals surface area contributed by atoms with E-state index < -0.39 is 5.41 Å². The Morgan fingerprint density at radius 1 is 1.11 bits per heavy atom. The van der Waals surface area contributed by atoms with Gasteiger partial charge in [0.05, 0.1) is 5.41 Å². The van der Waals surface area contributed by atoms with Crippen molar-refractivity contribution in [2.75, 3.05) is 0 Å². The molecule has 0 heterocycles. The summed E-state index contributed by atoms with van der Waals surface area (Å²) in [5.74, 6) is 2.25. The van der Waals surface area contributed by atoms with Crippen molar-refractivity contribution >= 4 is 12.0 Å². The second-order valence-electron chi connectivity index (χ2n) is 11.7. The van der Waals surface area contributed by atoms with Gasteiger partial charge in [0, 0.05) is 6.04 Å². The van der Waals surface area contributed by atoms with E-state index in [2.05, 4.69) is 100 Å². The van der Waals surface area contributed by atoms with Crippen LogP contribution < -0.4 is 5.32 Å². The summed E-state index contributed by atoms with van der Waals surface area (Å²) in [5, 5.41) is 3.51. The van der Waals surface area contributed by atoms with Gasteiger partial charge in [-0.3, -0.25) is 4.79 Å². The van der Waals surface area contributed by atoms with Gasteiger partial charge >= 0.3 is 0 Å². The molecule has 4 unspecified atom stereocenters. The highest BCUT2D eigenvalue weighted by Gasteiger charge is 2.41. The summed E-state index contributed by atoms with van der Waals surface area (Å²) in [6, 6.07) is 17.4. The molecule has 4 atom stereocenters. The first-order valence-electron chi connectivity index (χ1n) is 13.6. The van der Waals surface area contributed by atoms with E-state index in [4.69, 9.17) is 0 Å². The van der Waals surface area contributed by atoms with Gasteiger partial charge in [-0.1, -0.05) is 98.2 Å². The lowest BCUT2D eigenvalue weighted by atomic mass is 9.65. The summed E-state index contributed by atoms with van der Waals surface area (Å²) in [4.78, 5) is 13.6. The maximum atomic E-state index is 13.6. The summed E-state index contributed by atoms with van der Waals surface area (Å²) in [5.41, 5.74) is 5.26. The van der Waals surface area contributed by atoms with E-state index in [9.17, 15) is 4.79 Å². The van der Waals surface area contributed by atoms with Crippen molar-refractivity contribution in [3.63, 3.8) is 0 Å².